The van der Waals surface area contributed by atoms with Gasteiger partial charge < -0.3 is 31.5 Å². The Bertz CT molecular complexity index is 853. The molecule has 0 aliphatic rings. The number of unbranched alkanes of at least 4 members (excludes halogenated alkanes) is 1. The van der Waals surface area contributed by atoms with Crippen LogP contribution in [0.3, 0.4) is 0 Å². The number of carbonyl (C=O) groups excluding carboxylic acids is 2. The Balaban J connectivity index is 1.96. The van der Waals surface area contributed by atoms with Gasteiger partial charge >= 0.3 is 6.03 Å². The van der Waals surface area contributed by atoms with Crippen LogP contribution < -0.4 is 21.7 Å². The number of hydrogen-bond acceptors (Lipinski definition) is 8. The number of nitrogens with two attached hydrogens (primary N) is 1. The zero-order valence-corrected chi connectivity index (χ0v) is 19.2. The number of ether oxygens (including phenoxy) is 1. The van der Waals surface area contributed by atoms with Gasteiger partial charge in [-0.2, -0.15) is 0 Å². The monoisotopic (exact) mass is 462 g/mol. The number of nitrogens with one attached hydrogen (secondary N) is 3. The predicted molar refractivity (Wildman–Crippen MR) is 121 cm³/mol. The average Bonchev–Trinajstić information content (AvgIpc) is 3.24. The van der Waals surface area contributed by atoms with E-state index in [0.717, 1.165) is 5.56 Å². The van der Waals surface area contributed by atoms with E-state index in [9.17, 15) is 9.59 Å². The standard InChI is InChI=1S/C21H34N8O4/c1-21(2,22)19(31)25-17(15-33-14-16-8-4-3-5-9-16)18-26-27-28-29(18)12-11-24-20(32)23-10-6-7-13-30/h3-5,8-9,17,30H,6-7,10-15,22H2,1-2H3,(H,25,31)(H2,23,24,32)/t17-/m1/s1. The molecule has 182 valence electrons. The summed E-state index contributed by atoms with van der Waals surface area (Å²) in [5.74, 6) is 0.0246. The van der Waals surface area contributed by atoms with Gasteiger partial charge in [-0.15, -0.1) is 5.10 Å². The van der Waals surface area contributed by atoms with Crippen LogP contribution in [0, 0.1) is 0 Å². The van der Waals surface area contributed by atoms with Crippen LogP contribution in [0.15, 0.2) is 30.3 Å². The molecule has 2 aromatic rings. The molecule has 0 radical (unpaired) electrons. The molecule has 2 rings (SSSR count). The third-order valence-corrected chi connectivity index (χ3v) is 4.64. The summed E-state index contributed by atoms with van der Waals surface area (Å²) in [6.45, 7) is 4.85. The molecule has 3 amide bonds. The summed E-state index contributed by atoms with van der Waals surface area (Å²) in [7, 11) is 0. The Hall–Kier alpha value is -3.09. The van der Waals surface area contributed by atoms with Crippen LogP contribution in [-0.4, -0.2) is 69.1 Å². The fraction of sp³-hybridized carbons (Fsp3) is 0.571. The van der Waals surface area contributed by atoms with Gasteiger partial charge in [0.1, 0.15) is 6.04 Å². The second-order valence-electron chi connectivity index (χ2n) is 8.12. The van der Waals surface area contributed by atoms with E-state index in [1.54, 1.807) is 13.8 Å². The van der Waals surface area contributed by atoms with Crippen molar-refractivity contribution in [3.8, 4) is 0 Å². The molecule has 0 fully saturated rings. The molecule has 1 heterocycles. The van der Waals surface area contributed by atoms with Gasteiger partial charge in [-0.3, -0.25) is 4.79 Å². The first-order valence-electron chi connectivity index (χ1n) is 10.9. The van der Waals surface area contributed by atoms with Crippen molar-refractivity contribution in [3.63, 3.8) is 0 Å². The molecule has 0 saturated heterocycles. The zero-order valence-electron chi connectivity index (χ0n) is 19.2. The van der Waals surface area contributed by atoms with Crippen LogP contribution in [0.25, 0.3) is 0 Å². The van der Waals surface area contributed by atoms with Crippen molar-refractivity contribution in [1.82, 2.24) is 36.2 Å². The lowest BCUT2D eigenvalue weighted by atomic mass is 10.1. The minimum atomic E-state index is -1.09. The topological polar surface area (TPSA) is 169 Å². The van der Waals surface area contributed by atoms with E-state index in [0.29, 0.717) is 38.4 Å². The lowest BCUT2D eigenvalue weighted by molar-refractivity contribution is -0.126. The van der Waals surface area contributed by atoms with Crippen LogP contribution in [0.4, 0.5) is 4.79 Å². The number of carbonyl (C=O) groups is 2. The molecular formula is C21H34N8O4. The molecule has 0 bridgehead atoms. The lowest BCUT2D eigenvalue weighted by Crippen LogP contribution is -2.51. The van der Waals surface area contributed by atoms with E-state index in [1.807, 2.05) is 30.3 Å². The second kappa shape index (κ2) is 13.5. The van der Waals surface area contributed by atoms with Gasteiger partial charge in [0.05, 0.1) is 25.3 Å². The first-order valence-corrected chi connectivity index (χ1v) is 10.9. The molecule has 1 atom stereocenters. The van der Waals surface area contributed by atoms with Crippen molar-refractivity contribution in [2.75, 3.05) is 26.3 Å². The molecule has 1 aromatic heterocycles. The summed E-state index contributed by atoms with van der Waals surface area (Å²) < 4.78 is 7.33. The highest BCUT2D eigenvalue weighted by atomic mass is 16.5. The van der Waals surface area contributed by atoms with E-state index in [-0.39, 0.29) is 31.7 Å². The Kier molecular flexibility index (Phi) is 10.7. The highest BCUT2D eigenvalue weighted by molar-refractivity contribution is 5.85. The van der Waals surface area contributed by atoms with Gasteiger partial charge in [0.15, 0.2) is 5.82 Å². The third-order valence-electron chi connectivity index (χ3n) is 4.64. The first-order chi connectivity index (χ1) is 15.8. The number of aromatic nitrogens is 4. The van der Waals surface area contributed by atoms with Crippen molar-refractivity contribution < 1.29 is 19.4 Å². The number of aliphatic hydroxyl groups excluding tert-OH is 1. The first kappa shape index (κ1) is 26.2. The number of benzene rings is 1. The van der Waals surface area contributed by atoms with Crippen LogP contribution in [0.5, 0.6) is 0 Å². The zero-order chi connectivity index (χ0) is 24.1. The number of aliphatic hydroxyl groups is 1. The molecule has 0 spiro atoms. The number of nitrogens with zero attached hydrogens (tertiary/aromatic N) is 4. The predicted octanol–water partition coefficient (Wildman–Crippen LogP) is -0.144. The molecular weight excluding hydrogens is 428 g/mol. The quantitative estimate of drug-likeness (QED) is 0.242. The number of tetrazole rings is 1. The van der Waals surface area contributed by atoms with Crippen LogP contribution in [-0.2, 0) is 22.7 Å². The highest BCUT2D eigenvalue weighted by Crippen LogP contribution is 2.13. The molecule has 6 N–H and O–H groups in total. The Morgan fingerprint density at radius 1 is 1.18 bits per heavy atom. The van der Waals surface area contributed by atoms with E-state index in [4.69, 9.17) is 15.6 Å². The van der Waals surface area contributed by atoms with Crippen LogP contribution in [0.1, 0.15) is 44.1 Å². The van der Waals surface area contributed by atoms with Gasteiger partial charge in [-0.1, -0.05) is 30.3 Å². The van der Waals surface area contributed by atoms with E-state index < -0.39 is 11.6 Å². The van der Waals surface area contributed by atoms with Gasteiger partial charge in [0, 0.05) is 19.7 Å². The van der Waals surface area contributed by atoms with Crippen molar-refractivity contribution in [3.05, 3.63) is 41.7 Å². The molecule has 0 aliphatic carbocycles. The number of amides is 3. The van der Waals surface area contributed by atoms with Crippen molar-refractivity contribution in [2.24, 2.45) is 5.73 Å². The Morgan fingerprint density at radius 2 is 1.91 bits per heavy atom. The SMILES string of the molecule is CC(C)(N)C(=O)N[C@H](COCc1ccccc1)c1nnnn1CCNC(=O)NCCCCO. The largest absolute Gasteiger partial charge is 0.396 e. The summed E-state index contributed by atoms with van der Waals surface area (Å²) in [5, 5.41) is 28.8. The molecule has 0 unspecified atom stereocenters. The molecule has 0 aliphatic heterocycles. The van der Waals surface area contributed by atoms with Crippen molar-refractivity contribution >= 4 is 11.9 Å². The molecule has 12 heteroatoms. The van der Waals surface area contributed by atoms with E-state index in [1.165, 1.54) is 4.68 Å². The summed E-state index contributed by atoms with van der Waals surface area (Å²) in [5.41, 5.74) is 5.84. The van der Waals surface area contributed by atoms with Gasteiger partial charge in [-0.05, 0) is 42.7 Å². The molecule has 0 saturated carbocycles. The van der Waals surface area contributed by atoms with E-state index in [2.05, 4.69) is 31.5 Å². The number of urea groups is 1. The van der Waals surface area contributed by atoms with Gasteiger partial charge in [0.2, 0.25) is 5.91 Å². The lowest BCUT2D eigenvalue weighted by Gasteiger charge is -2.24. The Labute approximate surface area is 193 Å². The van der Waals surface area contributed by atoms with Gasteiger partial charge in [-0.25, -0.2) is 9.48 Å². The smallest absolute Gasteiger partial charge is 0.314 e. The fourth-order valence-corrected chi connectivity index (χ4v) is 2.79. The van der Waals surface area contributed by atoms with Crippen LogP contribution >= 0.6 is 0 Å². The highest BCUT2D eigenvalue weighted by Gasteiger charge is 2.28. The molecule has 33 heavy (non-hydrogen) atoms. The normalized spacial score (nSPS) is 12.2. The maximum absolute atomic E-state index is 12.5. The minimum Gasteiger partial charge on any atom is -0.396 e. The van der Waals surface area contributed by atoms with Crippen molar-refractivity contribution in [1.29, 1.82) is 0 Å². The second-order valence-corrected chi connectivity index (χ2v) is 8.12. The van der Waals surface area contributed by atoms with Crippen LogP contribution in [0.2, 0.25) is 0 Å². The summed E-state index contributed by atoms with van der Waals surface area (Å²) in [6.07, 6.45) is 1.33. The molecule has 12 nitrogen and oxygen atoms in total. The summed E-state index contributed by atoms with van der Waals surface area (Å²) in [6, 6.07) is 8.71. The maximum atomic E-state index is 12.5. The van der Waals surface area contributed by atoms with E-state index >= 15 is 0 Å². The van der Waals surface area contributed by atoms with Gasteiger partial charge in [0.25, 0.3) is 0 Å². The summed E-state index contributed by atoms with van der Waals surface area (Å²) in [4.78, 5) is 24.4. The fourth-order valence-electron chi connectivity index (χ4n) is 2.79. The Morgan fingerprint density at radius 3 is 2.61 bits per heavy atom. The molecule has 1 aromatic carbocycles. The third kappa shape index (κ3) is 9.51. The van der Waals surface area contributed by atoms with Crippen molar-refractivity contribution in [2.45, 2.75) is 51.4 Å². The average molecular weight is 463 g/mol. The number of hydrogen-bond donors (Lipinski definition) is 5. The minimum absolute atomic E-state index is 0.0967. The maximum Gasteiger partial charge on any atom is 0.314 e. The number of rotatable bonds is 14. The summed E-state index contributed by atoms with van der Waals surface area (Å²) >= 11 is 0.